The number of pyridine rings is 1. The first-order valence-corrected chi connectivity index (χ1v) is 10.6. The Bertz CT molecular complexity index is 1200. The second-order valence-electron chi connectivity index (χ2n) is 8.64. The van der Waals surface area contributed by atoms with E-state index in [2.05, 4.69) is 5.16 Å². The average Bonchev–Trinajstić information content (AvgIpc) is 3.23. The molecular weight excluding hydrogens is 394 g/mol. The normalized spacial score (nSPS) is 19.7. The molecule has 160 valence electrons. The first kappa shape index (κ1) is 19.6. The van der Waals surface area contributed by atoms with Gasteiger partial charge in [-0.25, -0.2) is 0 Å². The Morgan fingerprint density at radius 2 is 2.03 bits per heavy atom. The van der Waals surface area contributed by atoms with Crippen LogP contribution in [-0.2, 0) is 13.2 Å². The zero-order valence-corrected chi connectivity index (χ0v) is 17.7. The predicted molar refractivity (Wildman–Crippen MR) is 114 cm³/mol. The fourth-order valence-electron chi connectivity index (χ4n) is 4.72. The van der Waals surface area contributed by atoms with Gasteiger partial charge in [-0.3, -0.25) is 9.59 Å². The first-order chi connectivity index (χ1) is 15.0. The average molecular weight is 419 g/mol. The molecule has 2 aromatic heterocycles. The number of fused-ring (bicyclic) bond motifs is 4. The van der Waals surface area contributed by atoms with Gasteiger partial charge in [-0.15, -0.1) is 0 Å². The number of amides is 1. The highest BCUT2D eigenvalue weighted by Crippen LogP contribution is 2.35. The van der Waals surface area contributed by atoms with Crippen LogP contribution in [0.15, 0.2) is 51.8 Å². The number of rotatable bonds is 4. The molecule has 1 saturated heterocycles. The molecule has 7 heteroatoms. The Morgan fingerprint density at radius 1 is 1.16 bits per heavy atom. The number of hydrogen-bond donors (Lipinski definition) is 0. The smallest absolute Gasteiger partial charge is 0.276 e. The van der Waals surface area contributed by atoms with Crippen LogP contribution in [0.5, 0.6) is 5.75 Å². The number of aromatic nitrogens is 2. The zero-order chi connectivity index (χ0) is 21.5. The van der Waals surface area contributed by atoms with Crippen LogP contribution < -0.4 is 10.3 Å². The van der Waals surface area contributed by atoms with Gasteiger partial charge in [0.1, 0.15) is 12.4 Å². The summed E-state index contributed by atoms with van der Waals surface area (Å²) >= 11 is 0. The highest BCUT2D eigenvalue weighted by Gasteiger charge is 2.37. The van der Waals surface area contributed by atoms with E-state index in [-0.39, 0.29) is 29.9 Å². The van der Waals surface area contributed by atoms with Gasteiger partial charge in [-0.2, -0.15) is 0 Å². The molecule has 1 aromatic carbocycles. The van der Waals surface area contributed by atoms with Crippen molar-refractivity contribution in [3.8, 4) is 5.75 Å². The number of hydrogen-bond acceptors (Lipinski definition) is 5. The number of piperidine rings is 1. The van der Waals surface area contributed by atoms with Gasteiger partial charge in [-0.05, 0) is 49.4 Å². The molecule has 31 heavy (non-hydrogen) atoms. The molecule has 0 saturated carbocycles. The Kier molecular flexibility index (Phi) is 4.88. The van der Waals surface area contributed by atoms with E-state index in [1.807, 2.05) is 47.6 Å². The van der Waals surface area contributed by atoms with E-state index in [1.165, 1.54) is 0 Å². The van der Waals surface area contributed by atoms with Gasteiger partial charge in [0.25, 0.3) is 11.5 Å². The first-order valence-electron chi connectivity index (χ1n) is 10.6. The van der Waals surface area contributed by atoms with Gasteiger partial charge in [0.2, 0.25) is 0 Å². The summed E-state index contributed by atoms with van der Waals surface area (Å²) in [5.74, 6) is 1.61. The van der Waals surface area contributed by atoms with Gasteiger partial charge in [0.05, 0.1) is 0 Å². The Balaban J connectivity index is 1.28. The number of aryl methyl sites for hydroxylation is 2. The van der Waals surface area contributed by atoms with E-state index >= 15 is 0 Å². The second-order valence-corrected chi connectivity index (χ2v) is 8.64. The lowest BCUT2D eigenvalue weighted by molar-refractivity contribution is 0.0584. The SMILES string of the molecule is Cc1ccc(C)c(OCc2cc(C(=O)N3C[C@H]4C[C@@H](C3)c3cccc(=O)n3C4)no2)c1. The van der Waals surface area contributed by atoms with E-state index in [0.29, 0.717) is 31.1 Å². The van der Waals surface area contributed by atoms with Gasteiger partial charge in [-0.1, -0.05) is 23.4 Å². The van der Waals surface area contributed by atoms with Crippen LogP contribution in [0.2, 0.25) is 0 Å². The van der Waals surface area contributed by atoms with Crippen LogP contribution in [-0.4, -0.2) is 33.6 Å². The largest absolute Gasteiger partial charge is 0.485 e. The van der Waals surface area contributed by atoms with Crippen molar-refractivity contribution in [3.63, 3.8) is 0 Å². The van der Waals surface area contributed by atoms with Crippen molar-refractivity contribution in [3.05, 3.63) is 81.1 Å². The molecule has 0 unspecified atom stereocenters. The van der Waals surface area contributed by atoms with Crippen molar-refractivity contribution >= 4 is 5.91 Å². The van der Waals surface area contributed by atoms with Crippen molar-refractivity contribution in [1.82, 2.24) is 14.6 Å². The molecule has 0 spiro atoms. The molecule has 2 aliphatic heterocycles. The molecule has 0 N–H and O–H groups in total. The second kappa shape index (κ2) is 7.72. The predicted octanol–water partition coefficient (Wildman–Crippen LogP) is 3.29. The molecular formula is C24H25N3O4. The summed E-state index contributed by atoms with van der Waals surface area (Å²) < 4.78 is 13.1. The molecule has 2 atom stereocenters. The minimum atomic E-state index is -0.136. The maximum Gasteiger partial charge on any atom is 0.276 e. The van der Waals surface area contributed by atoms with Crippen LogP contribution >= 0.6 is 0 Å². The molecule has 2 bridgehead atoms. The number of likely N-dealkylation sites (tertiary alicyclic amines) is 1. The number of carbonyl (C=O) groups excluding carboxylic acids is 1. The van der Waals surface area contributed by atoms with Crippen molar-refractivity contribution in [1.29, 1.82) is 0 Å². The minimum Gasteiger partial charge on any atom is -0.485 e. The highest BCUT2D eigenvalue weighted by molar-refractivity contribution is 5.92. The number of ether oxygens (including phenoxy) is 1. The molecule has 5 rings (SSSR count). The monoisotopic (exact) mass is 419 g/mol. The Labute approximate surface area is 180 Å². The van der Waals surface area contributed by atoms with Crippen LogP contribution in [0, 0.1) is 19.8 Å². The molecule has 7 nitrogen and oxygen atoms in total. The quantitative estimate of drug-likeness (QED) is 0.649. The fourth-order valence-corrected chi connectivity index (χ4v) is 4.72. The van der Waals surface area contributed by atoms with Gasteiger partial charge in [0.15, 0.2) is 11.5 Å². The lowest BCUT2D eigenvalue weighted by Crippen LogP contribution is -2.49. The topological polar surface area (TPSA) is 77.6 Å². The van der Waals surface area contributed by atoms with Crippen molar-refractivity contribution < 1.29 is 14.1 Å². The third kappa shape index (κ3) is 3.76. The summed E-state index contributed by atoms with van der Waals surface area (Å²) in [6, 6.07) is 13.1. The lowest BCUT2D eigenvalue weighted by atomic mass is 9.83. The molecule has 3 aromatic rings. The zero-order valence-electron chi connectivity index (χ0n) is 17.7. The summed E-state index contributed by atoms with van der Waals surface area (Å²) in [5, 5.41) is 3.99. The number of carbonyl (C=O) groups is 1. The highest BCUT2D eigenvalue weighted by atomic mass is 16.5. The van der Waals surface area contributed by atoms with E-state index in [9.17, 15) is 9.59 Å². The third-order valence-corrected chi connectivity index (χ3v) is 6.26. The molecule has 2 aliphatic rings. The van der Waals surface area contributed by atoms with E-state index < -0.39 is 0 Å². The van der Waals surface area contributed by atoms with Gasteiger partial charge >= 0.3 is 0 Å². The maximum atomic E-state index is 13.1. The number of nitrogens with zero attached hydrogens (tertiary/aromatic N) is 3. The Hall–Kier alpha value is -3.35. The lowest BCUT2D eigenvalue weighted by Gasteiger charge is -2.42. The molecule has 1 fully saturated rings. The Morgan fingerprint density at radius 3 is 2.90 bits per heavy atom. The van der Waals surface area contributed by atoms with Crippen LogP contribution in [0.3, 0.4) is 0 Å². The van der Waals surface area contributed by atoms with E-state index in [1.54, 1.807) is 18.2 Å². The van der Waals surface area contributed by atoms with Crippen molar-refractivity contribution in [2.45, 2.75) is 39.3 Å². The molecule has 0 aliphatic carbocycles. The molecule has 1 amide bonds. The molecule has 4 heterocycles. The maximum absolute atomic E-state index is 13.1. The minimum absolute atomic E-state index is 0.0389. The van der Waals surface area contributed by atoms with E-state index in [4.69, 9.17) is 9.26 Å². The summed E-state index contributed by atoms with van der Waals surface area (Å²) in [6.45, 7) is 6.08. The van der Waals surface area contributed by atoms with Crippen molar-refractivity contribution in [2.24, 2.45) is 5.92 Å². The van der Waals surface area contributed by atoms with Crippen LogP contribution in [0.1, 0.15) is 45.4 Å². The summed E-state index contributed by atoms with van der Waals surface area (Å²) in [6.07, 6.45) is 1.00. The van der Waals surface area contributed by atoms with Crippen LogP contribution in [0.4, 0.5) is 0 Å². The summed E-state index contributed by atoms with van der Waals surface area (Å²) in [7, 11) is 0. The fraction of sp³-hybridized carbons (Fsp3) is 0.375. The van der Waals surface area contributed by atoms with Gasteiger partial charge in [0, 0.05) is 43.4 Å². The van der Waals surface area contributed by atoms with Crippen molar-refractivity contribution in [2.75, 3.05) is 13.1 Å². The summed E-state index contributed by atoms with van der Waals surface area (Å²) in [4.78, 5) is 27.1. The third-order valence-electron chi connectivity index (χ3n) is 6.26. The van der Waals surface area contributed by atoms with Crippen LogP contribution in [0.25, 0.3) is 0 Å². The van der Waals surface area contributed by atoms with Gasteiger partial charge < -0.3 is 18.7 Å². The summed E-state index contributed by atoms with van der Waals surface area (Å²) in [5.41, 5.74) is 3.51. The standard InChI is InChI=1S/C24H25N3O4/c1-15-6-7-16(2)22(8-15)30-14-19-10-20(25-31-19)24(29)26-11-17-9-18(13-26)21-4-3-5-23(28)27(21)12-17/h3-8,10,17-18H,9,11-14H2,1-2H3/t17-,18+/m1/s1. The van der Waals surface area contributed by atoms with E-state index in [0.717, 1.165) is 29.0 Å². The molecule has 0 radical (unpaired) electrons. The number of benzene rings is 1.